The predicted molar refractivity (Wildman–Crippen MR) is 81.4 cm³/mol. The first kappa shape index (κ1) is 15.3. The Morgan fingerprint density at radius 2 is 2.17 bits per heavy atom. The molecule has 18 heavy (non-hydrogen) atoms. The number of rotatable bonds is 5. The van der Waals surface area contributed by atoms with E-state index in [0.29, 0.717) is 15.4 Å². The number of halogens is 1. The Morgan fingerprint density at radius 3 is 2.72 bits per heavy atom. The normalized spacial score (nSPS) is 11.9. The molecule has 0 spiro atoms. The zero-order valence-corrected chi connectivity index (χ0v) is 13.0. The van der Waals surface area contributed by atoms with Gasteiger partial charge in [-0.05, 0) is 41.0 Å². The predicted octanol–water partition coefficient (Wildman–Crippen LogP) is 2.47. The molecule has 2 N–H and O–H groups in total. The molecule has 1 aromatic rings. The van der Waals surface area contributed by atoms with Gasteiger partial charge in [-0.1, -0.05) is 13.0 Å². The summed E-state index contributed by atoms with van der Waals surface area (Å²) in [4.78, 5) is 23.1. The molecule has 1 aromatic carbocycles. The smallest absolute Gasteiger partial charge is 0.337 e. The highest BCUT2D eigenvalue weighted by atomic mass is 127. The molecular formula is C12H14INO3S. The lowest BCUT2D eigenvalue weighted by Crippen LogP contribution is -2.30. The van der Waals surface area contributed by atoms with Crippen molar-refractivity contribution in [1.29, 1.82) is 0 Å². The van der Waals surface area contributed by atoms with Gasteiger partial charge in [0.2, 0.25) is 0 Å². The lowest BCUT2D eigenvalue weighted by Gasteiger charge is -2.11. The minimum atomic E-state index is -1.08. The fourth-order valence-electron chi connectivity index (χ4n) is 1.35. The van der Waals surface area contributed by atoms with E-state index in [-0.39, 0.29) is 17.0 Å². The Bertz CT molecular complexity index is 465. The third-order valence-corrected chi connectivity index (χ3v) is 4.29. The van der Waals surface area contributed by atoms with Gasteiger partial charge >= 0.3 is 5.97 Å². The molecule has 98 valence electrons. The molecule has 0 aromatic heterocycles. The molecule has 1 atom stereocenters. The van der Waals surface area contributed by atoms with Crippen LogP contribution in [0, 0.1) is 3.57 Å². The lowest BCUT2D eigenvalue weighted by atomic mass is 10.1. The standard InChI is InChI=1S/C12H14INO3S/c1-7(18-2)6-14-11(15)8-4-3-5-9(13)10(8)12(16)17/h3-5,7H,6H2,1-2H3,(H,14,15)(H,16,17)/t7-/m0/s1. The number of carboxylic acid groups (broad SMARTS) is 1. The van der Waals surface area contributed by atoms with Crippen molar-refractivity contribution in [3.63, 3.8) is 0 Å². The zero-order chi connectivity index (χ0) is 13.7. The van der Waals surface area contributed by atoms with Gasteiger partial charge in [-0.3, -0.25) is 4.79 Å². The van der Waals surface area contributed by atoms with E-state index in [9.17, 15) is 9.59 Å². The van der Waals surface area contributed by atoms with Gasteiger partial charge in [-0.25, -0.2) is 4.79 Å². The monoisotopic (exact) mass is 379 g/mol. The molecule has 0 aliphatic rings. The van der Waals surface area contributed by atoms with Crippen LogP contribution in [0.1, 0.15) is 27.6 Å². The number of thioether (sulfide) groups is 1. The Morgan fingerprint density at radius 1 is 1.50 bits per heavy atom. The molecule has 0 heterocycles. The number of hydrogen-bond acceptors (Lipinski definition) is 3. The van der Waals surface area contributed by atoms with Crippen LogP contribution in [0.3, 0.4) is 0 Å². The summed E-state index contributed by atoms with van der Waals surface area (Å²) in [6.45, 7) is 2.52. The van der Waals surface area contributed by atoms with Crippen molar-refractivity contribution >= 4 is 46.2 Å². The third kappa shape index (κ3) is 3.88. The molecule has 6 heteroatoms. The molecule has 1 amide bonds. The van der Waals surface area contributed by atoms with E-state index >= 15 is 0 Å². The van der Waals surface area contributed by atoms with Crippen LogP contribution in [0.5, 0.6) is 0 Å². The average Bonchev–Trinajstić information content (AvgIpc) is 2.34. The highest BCUT2D eigenvalue weighted by molar-refractivity contribution is 14.1. The topological polar surface area (TPSA) is 66.4 Å². The maximum Gasteiger partial charge on any atom is 0.337 e. The van der Waals surface area contributed by atoms with Gasteiger partial charge in [0.25, 0.3) is 5.91 Å². The maximum atomic E-state index is 12.0. The number of nitrogens with one attached hydrogen (secondary N) is 1. The third-order valence-electron chi connectivity index (χ3n) is 2.42. The van der Waals surface area contributed by atoms with E-state index in [2.05, 4.69) is 5.32 Å². The van der Waals surface area contributed by atoms with Gasteiger partial charge in [-0.15, -0.1) is 0 Å². The summed E-state index contributed by atoms with van der Waals surface area (Å²) >= 11 is 3.56. The van der Waals surface area contributed by atoms with Crippen molar-refractivity contribution in [2.24, 2.45) is 0 Å². The molecule has 0 aliphatic carbocycles. The van der Waals surface area contributed by atoms with Crippen molar-refractivity contribution in [1.82, 2.24) is 5.32 Å². The summed E-state index contributed by atoms with van der Waals surface area (Å²) in [5, 5.41) is 12.2. The number of amides is 1. The Balaban J connectivity index is 2.92. The number of hydrogen-bond donors (Lipinski definition) is 2. The quantitative estimate of drug-likeness (QED) is 0.772. The summed E-state index contributed by atoms with van der Waals surface area (Å²) in [5.74, 6) is -1.42. The zero-order valence-electron chi connectivity index (χ0n) is 10.1. The van der Waals surface area contributed by atoms with E-state index < -0.39 is 5.97 Å². The first-order valence-electron chi connectivity index (χ1n) is 5.30. The molecular weight excluding hydrogens is 365 g/mol. The van der Waals surface area contributed by atoms with Crippen LogP contribution in [0.2, 0.25) is 0 Å². The number of carboxylic acids is 1. The number of aromatic carboxylic acids is 1. The lowest BCUT2D eigenvalue weighted by molar-refractivity contribution is 0.0690. The van der Waals surface area contributed by atoms with Crippen LogP contribution in [0.4, 0.5) is 0 Å². The second-order valence-electron chi connectivity index (χ2n) is 3.72. The number of carbonyl (C=O) groups excluding carboxylic acids is 1. The van der Waals surface area contributed by atoms with Crippen LogP contribution in [-0.2, 0) is 0 Å². The molecule has 0 fully saturated rings. The molecule has 0 saturated heterocycles. The molecule has 0 radical (unpaired) electrons. The molecule has 0 unspecified atom stereocenters. The van der Waals surface area contributed by atoms with E-state index in [0.717, 1.165) is 0 Å². The Labute approximate surface area is 124 Å². The Kier molecular flexibility index (Phi) is 5.94. The van der Waals surface area contributed by atoms with E-state index in [1.807, 2.05) is 35.8 Å². The number of carbonyl (C=O) groups is 2. The highest BCUT2D eigenvalue weighted by Crippen LogP contribution is 2.17. The van der Waals surface area contributed by atoms with Crippen molar-refractivity contribution in [2.75, 3.05) is 12.8 Å². The first-order chi connectivity index (χ1) is 8.47. The first-order valence-corrected chi connectivity index (χ1v) is 7.66. The van der Waals surface area contributed by atoms with Gasteiger partial charge in [0, 0.05) is 15.4 Å². The van der Waals surface area contributed by atoms with Gasteiger partial charge in [0.1, 0.15) is 0 Å². The van der Waals surface area contributed by atoms with Crippen LogP contribution < -0.4 is 5.32 Å². The summed E-state index contributed by atoms with van der Waals surface area (Å²) < 4.78 is 0.561. The van der Waals surface area contributed by atoms with Crippen LogP contribution in [-0.4, -0.2) is 35.0 Å². The maximum absolute atomic E-state index is 12.0. The van der Waals surface area contributed by atoms with Crippen molar-refractivity contribution in [3.05, 3.63) is 32.9 Å². The minimum Gasteiger partial charge on any atom is -0.478 e. The number of benzene rings is 1. The van der Waals surface area contributed by atoms with Crippen LogP contribution in [0.15, 0.2) is 18.2 Å². The molecule has 0 aliphatic heterocycles. The summed E-state index contributed by atoms with van der Waals surface area (Å²) in [7, 11) is 0. The molecule has 4 nitrogen and oxygen atoms in total. The largest absolute Gasteiger partial charge is 0.478 e. The highest BCUT2D eigenvalue weighted by Gasteiger charge is 2.19. The second kappa shape index (κ2) is 6.98. The fourth-order valence-corrected chi connectivity index (χ4v) is 2.32. The van der Waals surface area contributed by atoms with E-state index in [4.69, 9.17) is 5.11 Å². The van der Waals surface area contributed by atoms with Gasteiger partial charge in [0.15, 0.2) is 0 Å². The van der Waals surface area contributed by atoms with Gasteiger partial charge < -0.3 is 10.4 Å². The van der Waals surface area contributed by atoms with Crippen molar-refractivity contribution in [2.45, 2.75) is 12.2 Å². The van der Waals surface area contributed by atoms with Crippen molar-refractivity contribution < 1.29 is 14.7 Å². The minimum absolute atomic E-state index is 0.0624. The average molecular weight is 379 g/mol. The molecule has 1 rings (SSSR count). The summed E-state index contributed by atoms with van der Waals surface area (Å²) in [6.07, 6.45) is 1.96. The summed E-state index contributed by atoms with van der Waals surface area (Å²) in [5.41, 5.74) is 0.273. The van der Waals surface area contributed by atoms with Gasteiger partial charge in [0.05, 0.1) is 11.1 Å². The van der Waals surface area contributed by atoms with Gasteiger partial charge in [-0.2, -0.15) is 11.8 Å². The van der Waals surface area contributed by atoms with E-state index in [1.54, 1.807) is 23.9 Å². The Hall–Kier alpha value is -0.760. The van der Waals surface area contributed by atoms with E-state index in [1.165, 1.54) is 6.07 Å². The second-order valence-corrected chi connectivity index (χ2v) is 6.16. The molecule has 0 saturated carbocycles. The van der Waals surface area contributed by atoms with Crippen LogP contribution in [0.25, 0.3) is 0 Å². The van der Waals surface area contributed by atoms with Crippen LogP contribution >= 0.6 is 34.4 Å². The SMILES string of the molecule is CS[C@@H](C)CNC(=O)c1cccc(I)c1C(=O)O. The molecule has 0 bridgehead atoms. The summed E-state index contributed by atoms with van der Waals surface area (Å²) in [6, 6.07) is 4.89. The fraction of sp³-hybridized carbons (Fsp3) is 0.333. The van der Waals surface area contributed by atoms with Crippen molar-refractivity contribution in [3.8, 4) is 0 Å².